The van der Waals surface area contributed by atoms with Crippen LogP contribution in [0.4, 0.5) is 10.6 Å². The SMILES string of the molecule is Cc1nc(N2CCC3(CC2)CO[C@@H](C)[C@H]3NC(=O)OC(C)(C)C)c(C(=O)O)nc1Br. The summed E-state index contributed by atoms with van der Waals surface area (Å²) >= 11 is 3.26. The van der Waals surface area contributed by atoms with E-state index in [0.717, 1.165) is 12.8 Å². The number of amides is 1. The van der Waals surface area contributed by atoms with Crippen LogP contribution in [0, 0.1) is 12.3 Å². The summed E-state index contributed by atoms with van der Waals surface area (Å²) < 4.78 is 11.8. The molecule has 0 aromatic carbocycles. The van der Waals surface area contributed by atoms with E-state index in [0.29, 0.717) is 35.8 Å². The average molecular weight is 485 g/mol. The molecule has 1 aromatic rings. The third-order valence-corrected chi connectivity index (χ3v) is 6.44. The van der Waals surface area contributed by atoms with E-state index in [9.17, 15) is 14.7 Å². The van der Waals surface area contributed by atoms with Gasteiger partial charge < -0.3 is 24.8 Å². The maximum atomic E-state index is 12.4. The maximum Gasteiger partial charge on any atom is 0.407 e. The minimum absolute atomic E-state index is 0.0668. The van der Waals surface area contributed by atoms with Gasteiger partial charge in [-0.3, -0.25) is 0 Å². The zero-order chi connectivity index (χ0) is 22.3. The molecule has 10 heteroatoms. The molecule has 0 bridgehead atoms. The zero-order valence-electron chi connectivity index (χ0n) is 18.0. The lowest BCUT2D eigenvalue weighted by atomic mass is 9.73. The summed E-state index contributed by atoms with van der Waals surface area (Å²) in [6, 6.07) is -0.175. The van der Waals surface area contributed by atoms with E-state index in [-0.39, 0.29) is 23.3 Å². The minimum Gasteiger partial charge on any atom is -0.476 e. The van der Waals surface area contributed by atoms with Crippen molar-refractivity contribution >= 4 is 33.8 Å². The standard InChI is InChI=1S/C20H29BrN4O5/c1-11-15(21)23-13(17(26)27)16(22-11)25-8-6-20(7-9-25)10-29-12(2)14(20)24-18(28)30-19(3,4)5/h12,14H,6-10H2,1-5H3,(H,24,28)(H,26,27)/t12-,14+/m0/s1. The van der Waals surface area contributed by atoms with Gasteiger partial charge >= 0.3 is 12.1 Å². The Kier molecular flexibility index (Phi) is 6.29. The normalized spacial score (nSPS) is 23.5. The van der Waals surface area contributed by atoms with Gasteiger partial charge in [-0.25, -0.2) is 19.6 Å². The smallest absolute Gasteiger partial charge is 0.407 e. The third kappa shape index (κ3) is 4.69. The number of hydrogen-bond acceptors (Lipinski definition) is 7. The maximum absolute atomic E-state index is 12.4. The molecule has 0 aliphatic carbocycles. The Morgan fingerprint density at radius 1 is 1.30 bits per heavy atom. The number of alkyl carbamates (subject to hydrolysis) is 1. The van der Waals surface area contributed by atoms with Gasteiger partial charge in [0.05, 0.1) is 24.4 Å². The van der Waals surface area contributed by atoms with Crippen molar-refractivity contribution in [3.8, 4) is 0 Å². The number of carboxylic acids is 1. The van der Waals surface area contributed by atoms with Gasteiger partial charge in [-0.05, 0) is 63.4 Å². The van der Waals surface area contributed by atoms with Crippen LogP contribution in [0.3, 0.4) is 0 Å². The molecule has 166 valence electrons. The summed E-state index contributed by atoms with van der Waals surface area (Å²) in [6.07, 6.45) is 0.879. The van der Waals surface area contributed by atoms with Crippen molar-refractivity contribution in [1.29, 1.82) is 0 Å². The molecular formula is C20H29BrN4O5. The first kappa shape index (κ1) is 22.7. The Bertz CT molecular complexity index is 833. The van der Waals surface area contributed by atoms with E-state index in [4.69, 9.17) is 9.47 Å². The highest BCUT2D eigenvalue weighted by atomic mass is 79.9. The van der Waals surface area contributed by atoms with Crippen molar-refractivity contribution in [3.63, 3.8) is 0 Å². The molecule has 2 N–H and O–H groups in total. The highest BCUT2D eigenvalue weighted by Crippen LogP contribution is 2.43. The van der Waals surface area contributed by atoms with E-state index in [1.165, 1.54) is 0 Å². The summed E-state index contributed by atoms with van der Waals surface area (Å²) in [5.41, 5.74) is -0.233. The number of hydrogen-bond donors (Lipinski definition) is 2. The summed E-state index contributed by atoms with van der Waals surface area (Å²) in [4.78, 5) is 34.6. The monoisotopic (exact) mass is 484 g/mol. The van der Waals surface area contributed by atoms with Gasteiger partial charge in [0.25, 0.3) is 0 Å². The van der Waals surface area contributed by atoms with Crippen LogP contribution in [0.5, 0.6) is 0 Å². The van der Waals surface area contributed by atoms with Crippen LogP contribution in [0.15, 0.2) is 4.60 Å². The Morgan fingerprint density at radius 2 is 1.93 bits per heavy atom. The van der Waals surface area contributed by atoms with Crippen LogP contribution in [0.2, 0.25) is 0 Å². The number of carboxylic acid groups (broad SMARTS) is 1. The molecule has 30 heavy (non-hydrogen) atoms. The topological polar surface area (TPSA) is 114 Å². The second-order valence-corrected chi connectivity index (χ2v) is 9.82. The van der Waals surface area contributed by atoms with Crippen molar-refractivity contribution in [2.45, 2.75) is 65.2 Å². The number of ether oxygens (including phenoxy) is 2. The predicted molar refractivity (Wildman–Crippen MR) is 114 cm³/mol. The Balaban J connectivity index is 1.76. The van der Waals surface area contributed by atoms with Gasteiger partial charge in [-0.15, -0.1) is 0 Å². The fourth-order valence-corrected chi connectivity index (χ4v) is 4.42. The fraction of sp³-hybridized carbons (Fsp3) is 0.700. The Labute approximate surface area is 184 Å². The van der Waals surface area contributed by atoms with Crippen molar-refractivity contribution in [1.82, 2.24) is 15.3 Å². The molecule has 0 radical (unpaired) electrons. The van der Waals surface area contributed by atoms with E-state index in [2.05, 4.69) is 31.2 Å². The zero-order valence-corrected chi connectivity index (χ0v) is 19.6. The van der Waals surface area contributed by atoms with E-state index < -0.39 is 17.7 Å². The molecule has 1 aromatic heterocycles. The fourth-order valence-electron chi connectivity index (χ4n) is 4.16. The molecule has 0 unspecified atom stereocenters. The number of anilines is 1. The number of aryl methyl sites for hydroxylation is 1. The molecular weight excluding hydrogens is 456 g/mol. The lowest BCUT2D eigenvalue weighted by Crippen LogP contribution is -2.55. The van der Waals surface area contributed by atoms with Gasteiger partial charge in [-0.1, -0.05) is 0 Å². The van der Waals surface area contributed by atoms with Gasteiger partial charge in [-0.2, -0.15) is 0 Å². The summed E-state index contributed by atoms with van der Waals surface area (Å²) in [6.45, 7) is 11.0. The van der Waals surface area contributed by atoms with Crippen molar-refractivity contribution in [2.75, 3.05) is 24.6 Å². The van der Waals surface area contributed by atoms with Crippen LogP contribution < -0.4 is 10.2 Å². The Morgan fingerprint density at radius 3 is 2.50 bits per heavy atom. The van der Waals surface area contributed by atoms with E-state index in [1.54, 1.807) is 6.92 Å². The lowest BCUT2D eigenvalue weighted by Gasteiger charge is -2.43. The molecule has 2 aliphatic heterocycles. The molecule has 2 fully saturated rings. The summed E-state index contributed by atoms with van der Waals surface area (Å²) in [5, 5.41) is 12.6. The largest absolute Gasteiger partial charge is 0.476 e. The number of piperidine rings is 1. The third-order valence-electron chi connectivity index (χ3n) is 5.69. The summed E-state index contributed by atoms with van der Waals surface area (Å²) in [7, 11) is 0. The second kappa shape index (κ2) is 8.30. The van der Waals surface area contributed by atoms with Gasteiger partial charge in [0.1, 0.15) is 10.2 Å². The molecule has 2 atom stereocenters. The van der Waals surface area contributed by atoms with Crippen molar-refractivity contribution in [2.24, 2.45) is 5.41 Å². The molecule has 0 saturated carbocycles. The molecule has 1 spiro atoms. The quantitative estimate of drug-likeness (QED) is 0.672. The molecule has 3 heterocycles. The highest BCUT2D eigenvalue weighted by molar-refractivity contribution is 9.10. The molecule has 3 rings (SSSR count). The molecule has 9 nitrogen and oxygen atoms in total. The number of rotatable bonds is 3. The van der Waals surface area contributed by atoms with Crippen LogP contribution in [-0.2, 0) is 9.47 Å². The number of halogens is 1. The molecule has 2 saturated heterocycles. The van der Waals surface area contributed by atoms with Crippen LogP contribution >= 0.6 is 15.9 Å². The number of nitrogens with one attached hydrogen (secondary N) is 1. The minimum atomic E-state index is -1.11. The lowest BCUT2D eigenvalue weighted by molar-refractivity contribution is 0.0433. The molecule has 1 amide bonds. The number of nitrogens with zero attached hydrogens (tertiary/aromatic N) is 3. The number of aromatic carboxylic acids is 1. The number of aromatic nitrogens is 2. The predicted octanol–water partition coefficient (Wildman–Crippen LogP) is 3.14. The second-order valence-electron chi connectivity index (χ2n) is 9.07. The first-order valence-corrected chi connectivity index (χ1v) is 10.8. The van der Waals surface area contributed by atoms with Gasteiger partial charge in [0, 0.05) is 18.5 Å². The van der Waals surface area contributed by atoms with Crippen LogP contribution in [0.25, 0.3) is 0 Å². The number of carbonyl (C=O) groups excluding carboxylic acids is 1. The number of carbonyl (C=O) groups is 2. The first-order valence-electron chi connectivity index (χ1n) is 10.1. The van der Waals surface area contributed by atoms with Crippen molar-refractivity contribution in [3.05, 3.63) is 16.0 Å². The van der Waals surface area contributed by atoms with E-state index >= 15 is 0 Å². The van der Waals surface area contributed by atoms with Gasteiger partial charge in [0.15, 0.2) is 11.5 Å². The average Bonchev–Trinajstić information content (AvgIpc) is 2.92. The van der Waals surface area contributed by atoms with Crippen LogP contribution in [-0.4, -0.2) is 64.6 Å². The summed E-state index contributed by atoms with van der Waals surface area (Å²) in [5.74, 6) is -0.734. The van der Waals surface area contributed by atoms with Gasteiger partial charge in [0.2, 0.25) is 0 Å². The molecule has 2 aliphatic rings. The first-order chi connectivity index (χ1) is 13.9. The highest BCUT2D eigenvalue weighted by Gasteiger charge is 2.50. The van der Waals surface area contributed by atoms with Crippen molar-refractivity contribution < 1.29 is 24.2 Å². The van der Waals surface area contributed by atoms with Crippen LogP contribution in [0.1, 0.15) is 56.7 Å². The van der Waals surface area contributed by atoms with E-state index in [1.807, 2.05) is 32.6 Å². The Hall–Kier alpha value is -1.94.